The average molecular weight is 307 g/mol. The molecule has 1 aliphatic heterocycles. The molecule has 1 N–H and O–H groups in total. The van der Waals surface area contributed by atoms with Gasteiger partial charge in [-0.1, -0.05) is 49.2 Å². The second-order valence-corrected chi connectivity index (χ2v) is 6.53. The van der Waals surface area contributed by atoms with Gasteiger partial charge in [0.1, 0.15) is 11.5 Å². The van der Waals surface area contributed by atoms with Gasteiger partial charge in [0.25, 0.3) is 0 Å². The molecule has 1 aliphatic carbocycles. The first-order valence-electron chi connectivity index (χ1n) is 8.46. The summed E-state index contributed by atoms with van der Waals surface area (Å²) in [6.45, 7) is 0. The van der Waals surface area contributed by atoms with Crippen LogP contribution >= 0.6 is 0 Å². The highest BCUT2D eigenvalue weighted by atomic mass is 16.5. The number of hydrogen-bond donors (Lipinski definition) is 1. The van der Waals surface area contributed by atoms with E-state index >= 15 is 0 Å². The quantitative estimate of drug-likeness (QED) is 0.901. The predicted molar refractivity (Wildman–Crippen MR) is 89.5 cm³/mol. The van der Waals surface area contributed by atoms with E-state index in [1.165, 1.54) is 25.7 Å². The molecule has 1 saturated carbocycles. The Morgan fingerprint density at radius 1 is 0.957 bits per heavy atom. The third-order valence-corrected chi connectivity index (χ3v) is 4.93. The number of rotatable bonds is 3. The Kier molecular flexibility index (Phi) is 3.78. The highest BCUT2D eigenvalue weighted by Crippen LogP contribution is 2.42. The number of fused-ring (bicyclic) bond motifs is 2. The molecule has 23 heavy (non-hydrogen) atoms. The lowest BCUT2D eigenvalue weighted by Crippen LogP contribution is -2.32. The van der Waals surface area contributed by atoms with Crippen LogP contribution in [0.5, 0.6) is 11.5 Å². The third-order valence-electron chi connectivity index (χ3n) is 4.93. The largest absolute Gasteiger partial charge is 0.457 e. The predicted octanol–water partition coefficient (Wildman–Crippen LogP) is 4.58. The standard InChI is InChI=1S/C20H21NO2/c22-19(13-14-7-1-2-8-14)21-20-15-9-3-5-11-17(15)23-18-12-6-4-10-16(18)20/h3-6,9-12,14,20H,1-2,7-8,13H2,(H,21,22). The molecule has 1 fully saturated rings. The van der Waals surface area contributed by atoms with Crippen molar-refractivity contribution in [2.24, 2.45) is 5.92 Å². The fraction of sp³-hybridized carbons (Fsp3) is 0.350. The topological polar surface area (TPSA) is 38.3 Å². The summed E-state index contributed by atoms with van der Waals surface area (Å²) in [6, 6.07) is 15.8. The first-order chi connectivity index (χ1) is 11.3. The molecule has 0 radical (unpaired) electrons. The van der Waals surface area contributed by atoms with Gasteiger partial charge >= 0.3 is 0 Å². The smallest absolute Gasteiger partial charge is 0.221 e. The summed E-state index contributed by atoms with van der Waals surface area (Å²) < 4.78 is 5.97. The molecule has 1 heterocycles. The fourth-order valence-corrected chi connectivity index (χ4v) is 3.76. The molecular weight excluding hydrogens is 286 g/mol. The average Bonchev–Trinajstić information content (AvgIpc) is 3.07. The van der Waals surface area contributed by atoms with Crippen LogP contribution in [0.25, 0.3) is 0 Å². The molecule has 0 spiro atoms. The normalized spacial score (nSPS) is 17.2. The zero-order valence-electron chi connectivity index (χ0n) is 13.1. The SMILES string of the molecule is O=C(CC1CCCC1)NC1c2ccccc2Oc2ccccc21. The van der Waals surface area contributed by atoms with E-state index in [1.54, 1.807) is 0 Å². The van der Waals surface area contributed by atoms with Gasteiger partial charge in [0.15, 0.2) is 0 Å². The number of carbonyl (C=O) groups is 1. The van der Waals surface area contributed by atoms with Gasteiger partial charge in [-0.25, -0.2) is 0 Å². The van der Waals surface area contributed by atoms with Crippen molar-refractivity contribution >= 4 is 5.91 Å². The van der Waals surface area contributed by atoms with Gasteiger partial charge in [-0.05, 0) is 30.9 Å². The van der Waals surface area contributed by atoms with E-state index in [2.05, 4.69) is 5.32 Å². The minimum absolute atomic E-state index is 0.120. The van der Waals surface area contributed by atoms with Crippen molar-refractivity contribution in [3.05, 3.63) is 59.7 Å². The van der Waals surface area contributed by atoms with Crippen LogP contribution in [-0.4, -0.2) is 5.91 Å². The van der Waals surface area contributed by atoms with Crippen LogP contribution in [-0.2, 0) is 4.79 Å². The molecule has 118 valence electrons. The summed E-state index contributed by atoms with van der Waals surface area (Å²) in [5, 5.41) is 3.24. The molecule has 0 saturated heterocycles. The van der Waals surface area contributed by atoms with Gasteiger partial charge < -0.3 is 10.1 Å². The lowest BCUT2D eigenvalue weighted by molar-refractivity contribution is -0.122. The maximum absolute atomic E-state index is 12.5. The summed E-state index contributed by atoms with van der Waals surface area (Å²) in [5.74, 6) is 2.36. The Labute approximate surface area is 136 Å². The Hall–Kier alpha value is -2.29. The minimum Gasteiger partial charge on any atom is -0.457 e. The van der Waals surface area contributed by atoms with Crippen molar-refractivity contribution in [3.8, 4) is 11.5 Å². The first kappa shape index (κ1) is 14.3. The summed E-state index contributed by atoms with van der Waals surface area (Å²) in [4.78, 5) is 12.5. The van der Waals surface area contributed by atoms with Crippen molar-refractivity contribution in [2.45, 2.75) is 38.1 Å². The molecule has 0 unspecified atom stereocenters. The van der Waals surface area contributed by atoms with Crippen LogP contribution < -0.4 is 10.1 Å². The molecule has 2 aliphatic rings. The maximum atomic E-state index is 12.5. The highest BCUT2D eigenvalue weighted by Gasteiger charge is 2.29. The Bertz CT molecular complexity index is 674. The number of benzene rings is 2. The molecule has 0 bridgehead atoms. The Balaban J connectivity index is 1.60. The van der Waals surface area contributed by atoms with Crippen LogP contribution in [0.2, 0.25) is 0 Å². The molecular formula is C20H21NO2. The van der Waals surface area contributed by atoms with Gasteiger partial charge in [0.2, 0.25) is 5.91 Å². The first-order valence-corrected chi connectivity index (χ1v) is 8.46. The summed E-state index contributed by atoms with van der Waals surface area (Å²) >= 11 is 0. The van der Waals surface area contributed by atoms with Crippen LogP contribution in [0.3, 0.4) is 0 Å². The van der Waals surface area contributed by atoms with Gasteiger partial charge in [0, 0.05) is 17.5 Å². The lowest BCUT2D eigenvalue weighted by Gasteiger charge is -2.29. The van der Waals surface area contributed by atoms with Crippen molar-refractivity contribution < 1.29 is 9.53 Å². The molecule has 0 aromatic heterocycles. The van der Waals surface area contributed by atoms with Crippen LogP contribution in [0.1, 0.15) is 49.3 Å². The van der Waals surface area contributed by atoms with E-state index < -0.39 is 0 Å². The second-order valence-electron chi connectivity index (χ2n) is 6.53. The molecule has 0 atom stereocenters. The van der Waals surface area contributed by atoms with E-state index in [0.717, 1.165) is 22.6 Å². The molecule has 3 nitrogen and oxygen atoms in total. The number of nitrogens with one attached hydrogen (secondary N) is 1. The zero-order chi connectivity index (χ0) is 15.6. The van der Waals surface area contributed by atoms with Gasteiger partial charge in [-0.2, -0.15) is 0 Å². The third kappa shape index (κ3) is 2.83. The van der Waals surface area contributed by atoms with Crippen LogP contribution in [0.4, 0.5) is 0 Å². The highest BCUT2D eigenvalue weighted by molar-refractivity contribution is 5.78. The molecule has 2 aromatic carbocycles. The second kappa shape index (κ2) is 6.07. The van der Waals surface area contributed by atoms with Gasteiger partial charge in [0.05, 0.1) is 6.04 Å². The number of carbonyl (C=O) groups excluding carboxylic acids is 1. The van der Waals surface area contributed by atoms with Crippen LogP contribution in [0.15, 0.2) is 48.5 Å². The van der Waals surface area contributed by atoms with Crippen molar-refractivity contribution in [1.82, 2.24) is 5.32 Å². The van der Waals surface area contributed by atoms with E-state index in [9.17, 15) is 4.79 Å². The number of hydrogen-bond acceptors (Lipinski definition) is 2. The van der Waals surface area contributed by atoms with Gasteiger partial charge in [-0.15, -0.1) is 0 Å². The number of amides is 1. The lowest BCUT2D eigenvalue weighted by atomic mass is 9.94. The fourth-order valence-electron chi connectivity index (χ4n) is 3.76. The molecule has 2 aromatic rings. The Morgan fingerprint density at radius 3 is 2.13 bits per heavy atom. The van der Waals surface area contributed by atoms with Crippen molar-refractivity contribution in [2.75, 3.05) is 0 Å². The van der Waals surface area contributed by atoms with Crippen LogP contribution in [0, 0.1) is 5.92 Å². The van der Waals surface area contributed by atoms with E-state index in [-0.39, 0.29) is 11.9 Å². The molecule has 4 rings (SSSR count). The number of ether oxygens (including phenoxy) is 1. The molecule has 3 heteroatoms. The zero-order valence-corrected chi connectivity index (χ0v) is 13.1. The monoisotopic (exact) mass is 307 g/mol. The van der Waals surface area contributed by atoms with E-state index in [4.69, 9.17) is 4.74 Å². The van der Waals surface area contributed by atoms with Crippen molar-refractivity contribution in [3.63, 3.8) is 0 Å². The minimum atomic E-state index is -0.120. The van der Waals surface area contributed by atoms with E-state index in [0.29, 0.717) is 12.3 Å². The maximum Gasteiger partial charge on any atom is 0.221 e. The number of para-hydroxylation sites is 2. The summed E-state index contributed by atoms with van der Waals surface area (Å²) in [7, 11) is 0. The summed E-state index contributed by atoms with van der Waals surface area (Å²) in [5.41, 5.74) is 2.07. The Morgan fingerprint density at radius 2 is 1.52 bits per heavy atom. The molecule has 1 amide bonds. The van der Waals surface area contributed by atoms with E-state index in [1.807, 2.05) is 48.5 Å². The summed E-state index contributed by atoms with van der Waals surface area (Å²) in [6.07, 6.45) is 5.55. The van der Waals surface area contributed by atoms with Gasteiger partial charge in [-0.3, -0.25) is 4.79 Å². The van der Waals surface area contributed by atoms with Crippen molar-refractivity contribution in [1.29, 1.82) is 0 Å².